The molecule has 2 aromatic rings. The number of hydrogen-bond donors (Lipinski definition) is 1. The molecule has 0 aliphatic carbocycles. The maximum absolute atomic E-state index is 12.2. The van der Waals surface area contributed by atoms with Crippen molar-refractivity contribution in [2.24, 2.45) is 0 Å². The van der Waals surface area contributed by atoms with Gasteiger partial charge < -0.3 is 9.42 Å². The third-order valence-corrected chi connectivity index (χ3v) is 4.68. The number of nitrogens with one attached hydrogen (secondary N) is 1. The van der Waals surface area contributed by atoms with E-state index in [1.165, 1.54) is 17.0 Å². The molecule has 8 heteroatoms. The summed E-state index contributed by atoms with van der Waals surface area (Å²) in [6.07, 6.45) is 1.16. The Morgan fingerprint density at radius 3 is 2.39 bits per heavy atom. The molecule has 2 amide bonds. The number of benzene rings is 1. The molecule has 0 unspecified atom stereocenters. The van der Waals surface area contributed by atoms with Crippen LogP contribution in [0.3, 0.4) is 0 Å². The fourth-order valence-electron chi connectivity index (χ4n) is 2.02. The van der Waals surface area contributed by atoms with Crippen LogP contribution in [-0.2, 0) is 9.84 Å². The molecule has 1 atom stereocenters. The molecule has 0 fully saturated rings. The van der Waals surface area contributed by atoms with E-state index in [0.29, 0.717) is 11.6 Å². The molecule has 23 heavy (non-hydrogen) atoms. The summed E-state index contributed by atoms with van der Waals surface area (Å²) in [6, 6.07) is 7.52. The first-order chi connectivity index (χ1) is 10.7. The average Bonchev–Trinajstić information content (AvgIpc) is 2.90. The van der Waals surface area contributed by atoms with Gasteiger partial charge in [0.25, 0.3) is 0 Å². The van der Waals surface area contributed by atoms with Crippen molar-refractivity contribution in [3.05, 3.63) is 41.7 Å². The maximum Gasteiger partial charge on any atom is 0.323 e. The normalized spacial score (nSPS) is 12.7. The molecule has 1 N–H and O–H groups in total. The van der Waals surface area contributed by atoms with Crippen molar-refractivity contribution in [3.8, 4) is 0 Å². The number of rotatable bonds is 4. The van der Waals surface area contributed by atoms with Gasteiger partial charge in [-0.15, -0.1) is 0 Å². The Balaban J connectivity index is 2.09. The van der Waals surface area contributed by atoms with Crippen molar-refractivity contribution < 1.29 is 17.7 Å². The van der Waals surface area contributed by atoms with Crippen LogP contribution in [0.2, 0.25) is 0 Å². The number of urea groups is 1. The summed E-state index contributed by atoms with van der Waals surface area (Å²) in [7, 11) is -1.58. The summed E-state index contributed by atoms with van der Waals surface area (Å²) in [6.45, 7) is 3.58. The largest absolute Gasteiger partial charge is 0.360 e. The first-order valence-corrected chi connectivity index (χ1v) is 8.85. The van der Waals surface area contributed by atoms with Crippen molar-refractivity contribution in [1.29, 1.82) is 0 Å². The minimum absolute atomic E-state index is 0.239. The Bertz CT molecular complexity index is 796. The number of sulfone groups is 1. The Morgan fingerprint density at radius 1 is 1.30 bits per heavy atom. The van der Waals surface area contributed by atoms with Crippen LogP contribution in [0.5, 0.6) is 0 Å². The zero-order chi connectivity index (χ0) is 17.2. The summed E-state index contributed by atoms with van der Waals surface area (Å²) in [5, 5.41) is 6.34. The second kappa shape index (κ2) is 6.41. The zero-order valence-electron chi connectivity index (χ0n) is 13.4. The molecule has 1 heterocycles. The fraction of sp³-hybridized carbons (Fsp3) is 0.333. The Kier molecular flexibility index (Phi) is 4.74. The van der Waals surface area contributed by atoms with Crippen LogP contribution in [0.15, 0.2) is 39.8 Å². The lowest BCUT2D eigenvalue weighted by atomic mass is 10.1. The van der Waals surface area contributed by atoms with Gasteiger partial charge in [-0.05, 0) is 31.5 Å². The highest BCUT2D eigenvalue weighted by Crippen LogP contribution is 2.21. The van der Waals surface area contributed by atoms with Crippen LogP contribution < -0.4 is 5.32 Å². The van der Waals surface area contributed by atoms with E-state index in [-0.39, 0.29) is 17.0 Å². The first-order valence-electron chi connectivity index (χ1n) is 6.95. The summed E-state index contributed by atoms with van der Waals surface area (Å²) < 4.78 is 27.8. The van der Waals surface area contributed by atoms with E-state index >= 15 is 0 Å². The topological polar surface area (TPSA) is 92.5 Å². The van der Waals surface area contributed by atoms with Crippen molar-refractivity contribution in [1.82, 2.24) is 10.1 Å². The van der Waals surface area contributed by atoms with E-state index in [2.05, 4.69) is 10.5 Å². The van der Waals surface area contributed by atoms with E-state index in [9.17, 15) is 13.2 Å². The molecule has 7 nitrogen and oxygen atoms in total. The molecule has 0 spiro atoms. The molecule has 0 aliphatic heterocycles. The van der Waals surface area contributed by atoms with E-state index in [1.807, 2.05) is 6.92 Å². The maximum atomic E-state index is 12.2. The van der Waals surface area contributed by atoms with Gasteiger partial charge in [0.15, 0.2) is 15.7 Å². The molecule has 1 aromatic heterocycles. The van der Waals surface area contributed by atoms with Gasteiger partial charge in [0.05, 0.1) is 10.9 Å². The minimum atomic E-state index is -3.23. The van der Waals surface area contributed by atoms with Gasteiger partial charge in [-0.25, -0.2) is 13.2 Å². The van der Waals surface area contributed by atoms with E-state index in [0.717, 1.165) is 11.8 Å². The molecule has 0 saturated carbocycles. The van der Waals surface area contributed by atoms with Gasteiger partial charge in [0, 0.05) is 19.4 Å². The van der Waals surface area contributed by atoms with Gasteiger partial charge in [-0.3, -0.25) is 5.32 Å². The third kappa shape index (κ3) is 4.10. The van der Waals surface area contributed by atoms with Crippen LogP contribution in [0.4, 0.5) is 10.6 Å². The number of amides is 2. The average molecular weight is 337 g/mol. The highest BCUT2D eigenvalue weighted by atomic mass is 32.2. The summed E-state index contributed by atoms with van der Waals surface area (Å²) in [5.41, 5.74) is 0.825. The Morgan fingerprint density at radius 2 is 1.91 bits per heavy atom. The number of carbonyl (C=O) groups excluding carboxylic acids is 1. The SMILES string of the molecule is Cc1cc(NC(=O)N(C)[C@@H](C)c2ccc(S(C)(=O)=O)cc2)no1. The van der Waals surface area contributed by atoms with Crippen LogP contribution in [0.1, 0.15) is 24.3 Å². The van der Waals surface area contributed by atoms with Crippen molar-refractivity contribution in [2.75, 3.05) is 18.6 Å². The number of carbonyl (C=O) groups is 1. The van der Waals surface area contributed by atoms with Gasteiger partial charge in [0.1, 0.15) is 5.76 Å². The van der Waals surface area contributed by atoms with Crippen LogP contribution in [0, 0.1) is 6.92 Å². The number of aromatic nitrogens is 1. The molecule has 0 aliphatic rings. The minimum Gasteiger partial charge on any atom is -0.360 e. The summed E-state index contributed by atoms with van der Waals surface area (Å²) >= 11 is 0. The molecule has 0 bridgehead atoms. The highest BCUT2D eigenvalue weighted by molar-refractivity contribution is 7.90. The zero-order valence-corrected chi connectivity index (χ0v) is 14.2. The predicted molar refractivity (Wildman–Crippen MR) is 86.0 cm³/mol. The lowest BCUT2D eigenvalue weighted by molar-refractivity contribution is 0.208. The molecular formula is C15H19N3O4S. The summed E-state index contributed by atoms with van der Waals surface area (Å²) in [4.78, 5) is 13.9. The fourth-order valence-corrected chi connectivity index (χ4v) is 2.65. The molecular weight excluding hydrogens is 318 g/mol. The van der Waals surface area contributed by atoms with Crippen LogP contribution in [-0.4, -0.2) is 37.8 Å². The molecule has 1 aromatic carbocycles. The lowest BCUT2D eigenvalue weighted by Gasteiger charge is -2.25. The van der Waals surface area contributed by atoms with E-state index < -0.39 is 9.84 Å². The quantitative estimate of drug-likeness (QED) is 0.926. The second-order valence-corrected chi connectivity index (χ2v) is 7.40. The number of nitrogens with zero attached hydrogens (tertiary/aromatic N) is 2. The standard InChI is InChI=1S/C15H19N3O4S/c1-10-9-14(17-22-10)16-15(19)18(3)11(2)12-5-7-13(8-6-12)23(4,20)21/h5-9,11H,1-4H3,(H,16,17,19)/t11-/m0/s1. The molecule has 124 valence electrons. The van der Waals surface area contributed by atoms with Crippen molar-refractivity contribution >= 4 is 21.7 Å². The second-order valence-electron chi connectivity index (χ2n) is 5.38. The third-order valence-electron chi connectivity index (χ3n) is 3.55. The van der Waals surface area contributed by atoms with E-state index in [4.69, 9.17) is 4.52 Å². The number of hydrogen-bond acceptors (Lipinski definition) is 5. The van der Waals surface area contributed by atoms with Crippen LogP contribution in [0.25, 0.3) is 0 Å². The summed E-state index contributed by atoms with van der Waals surface area (Å²) in [5.74, 6) is 0.950. The molecule has 0 saturated heterocycles. The first kappa shape index (κ1) is 17.0. The number of aryl methyl sites for hydroxylation is 1. The van der Waals surface area contributed by atoms with E-state index in [1.54, 1.807) is 32.2 Å². The highest BCUT2D eigenvalue weighted by Gasteiger charge is 2.19. The van der Waals surface area contributed by atoms with Crippen molar-refractivity contribution in [2.45, 2.75) is 24.8 Å². The molecule has 0 radical (unpaired) electrons. The lowest BCUT2D eigenvalue weighted by Crippen LogP contribution is -2.33. The predicted octanol–water partition coefficient (Wildman–Crippen LogP) is 2.61. The van der Waals surface area contributed by atoms with Gasteiger partial charge in [-0.1, -0.05) is 17.3 Å². The van der Waals surface area contributed by atoms with Gasteiger partial charge in [-0.2, -0.15) is 0 Å². The van der Waals surface area contributed by atoms with Crippen molar-refractivity contribution in [3.63, 3.8) is 0 Å². The monoisotopic (exact) mass is 337 g/mol. The van der Waals surface area contributed by atoms with Gasteiger partial charge in [0.2, 0.25) is 0 Å². The van der Waals surface area contributed by atoms with Gasteiger partial charge >= 0.3 is 6.03 Å². The molecule has 2 rings (SSSR count). The smallest absolute Gasteiger partial charge is 0.323 e. The Hall–Kier alpha value is -2.35. The number of anilines is 1. The van der Waals surface area contributed by atoms with Crippen LogP contribution >= 0.6 is 0 Å². The Labute approximate surface area is 135 Å².